The number of hydrogen-bond acceptors (Lipinski definition) is 1. The standard InChI is InChI=1S/C42H30Br6OP/c1-49-42-26-40(47)31(24-41(42)48)20-19-29-22-36(43)28(21-37(29)44)17-18-30-23-39(46)32(25-38(30)45)27-50(33-11-5-2-6-12-33,34-13-7-3-8-14-34)35-15-9-4-10-16-35/h2-26H,27H2,1H3/q+1/b18-17-,20-19-. The van der Waals surface area contributed by atoms with Crippen LogP contribution in [0.5, 0.6) is 5.75 Å². The van der Waals surface area contributed by atoms with E-state index in [0.717, 1.165) is 61.0 Å². The Morgan fingerprint density at radius 3 is 1.18 bits per heavy atom. The van der Waals surface area contributed by atoms with Crippen LogP contribution >= 0.6 is 103 Å². The van der Waals surface area contributed by atoms with E-state index in [2.05, 4.69) is 235 Å². The highest BCUT2D eigenvalue weighted by molar-refractivity contribution is 9.11. The van der Waals surface area contributed by atoms with Gasteiger partial charge in [-0.2, -0.15) is 0 Å². The number of methoxy groups -OCH3 is 1. The molecule has 0 amide bonds. The molecule has 250 valence electrons. The van der Waals surface area contributed by atoms with Gasteiger partial charge in [0.15, 0.2) is 0 Å². The number of rotatable bonds is 10. The summed E-state index contributed by atoms with van der Waals surface area (Å²) >= 11 is 22.8. The van der Waals surface area contributed by atoms with Crippen molar-refractivity contribution in [2.45, 2.75) is 6.16 Å². The van der Waals surface area contributed by atoms with Crippen molar-refractivity contribution in [1.82, 2.24) is 0 Å². The van der Waals surface area contributed by atoms with Crippen LogP contribution in [0.2, 0.25) is 0 Å². The molecule has 0 saturated carbocycles. The third kappa shape index (κ3) is 8.41. The van der Waals surface area contributed by atoms with Gasteiger partial charge in [0.1, 0.15) is 28.9 Å². The van der Waals surface area contributed by atoms with Gasteiger partial charge in [-0.3, -0.25) is 0 Å². The summed E-state index contributed by atoms with van der Waals surface area (Å²) in [4.78, 5) is 0. The Balaban J connectivity index is 1.31. The van der Waals surface area contributed by atoms with Gasteiger partial charge in [0, 0.05) is 27.9 Å². The largest absolute Gasteiger partial charge is 0.496 e. The molecule has 0 atom stereocenters. The molecule has 0 spiro atoms. The maximum atomic E-state index is 5.41. The molecule has 0 aliphatic heterocycles. The van der Waals surface area contributed by atoms with Crippen molar-refractivity contribution in [3.05, 3.63) is 182 Å². The molecule has 6 aromatic rings. The molecule has 0 N–H and O–H groups in total. The van der Waals surface area contributed by atoms with Crippen LogP contribution in [0.4, 0.5) is 0 Å². The van der Waals surface area contributed by atoms with Crippen LogP contribution in [0.25, 0.3) is 24.3 Å². The normalized spacial score (nSPS) is 11.8. The predicted octanol–water partition coefficient (Wildman–Crippen LogP) is 14.1. The summed E-state index contributed by atoms with van der Waals surface area (Å²) in [5.74, 6) is 0.781. The van der Waals surface area contributed by atoms with Crippen molar-refractivity contribution >= 4 is 143 Å². The minimum absolute atomic E-state index is 0.781. The van der Waals surface area contributed by atoms with Crippen molar-refractivity contribution < 1.29 is 4.74 Å². The van der Waals surface area contributed by atoms with Crippen LogP contribution in [-0.2, 0) is 6.16 Å². The van der Waals surface area contributed by atoms with Crippen molar-refractivity contribution in [2.24, 2.45) is 0 Å². The van der Waals surface area contributed by atoms with Gasteiger partial charge in [-0.25, -0.2) is 0 Å². The summed E-state index contributed by atoms with van der Waals surface area (Å²) in [5.41, 5.74) is 5.51. The lowest BCUT2D eigenvalue weighted by molar-refractivity contribution is 0.412. The lowest BCUT2D eigenvalue weighted by Crippen LogP contribution is -2.32. The molecule has 0 bridgehead atoms. The lowest BCUT2D eigenvalue weighted by Gasteiger charge is -2.28. The summed E-state index contributed by atoms with van der Waals surface area (Å²) in [6.07, 6.45) is 9.35. The smallest absolute Gasteiger partial charge is 0.134 e. The topological polar surface area (TPSA) is 9.23 Å². The van der Waals surface area contributed by atoms with Crippen molar-refractivity contribution in [3.8, 4) is 5.75 Å². The zero-order valence-electron chi connectivity index (χ0n) is 26.8. The average molecular weight is 1060 g/mol. The fraction of sp³-hybridized carbons (Fsp3) is 0.0476. The van der Waals surface area contributed by atoms with Crippen LogP contribution in [0.3, 0.4) is 0 Å². The molecule has 6 aromatic carbocycles. The molecule has 0 fully saturated rings. The van der Waals surface area contributed by atoms with Crippen molar-refractivity contribution in [1.29, 1.82) is 0 Å². The summed E-state index contributed by atoms with van der Waals surface area (Å²) in [6, 6.07) is 45.8. The molecular weight excluding hydrogens is 1030 g/mol. The van der Waals surface area contributed by atoms with Crippen LogP contribution in [0.15, 0.2) is 154 Å². The number of ether oxygens (including phenoxy) is 1. The van der Waals surface area contributed by atoms with Gasteiger partial charge in [0.2, 0.25) is 0 Å². The molecular formula is C42H30Br6OP+. The second-order valence-corrected chi connectivity index (χ2v) is 20.1. The highest BCUT2D eigenvalue weighted by Crippen LogP contribution is 2.59. The molecule has 0 heterocycles. The maximum Gasteiger partial charge on any atom is 0.134 e. The number of benzene rings is 6. The van der Waals surface area contributed by atoms with E-state index in [1.54, 1.807) is 7.11 Å². The zero-order chi connectivity index (χ0) is 35.3. The fourth-order valence-corrected chi connectivity index (χ4v) is 13.4. The SMILES string of the molecule is COc1cc(Br)c(/C=C\c2cc(Br)c(/C=C\c3cc(Br)c(C[P+](c4ccccc4)(c4ccccc4)c4ccccc4)cc3Br)cc2Br)cc1Br. The molecule has 0 unspecified atom stereocenters. The summed E-state index contributed by atoms with van der Waals surface area (Å²) in [7, 11) is -0.386. The van der Waals surface area contributed by atoms with Gasteiger partial charge >= 0.3 is 0 Å². The summed E-state index contributed by atoms with van der Waals surface area (Å²) in [6.45, 7) is 0. The van der Waals surface area contributed by atoms with E-state index in [9.17, 15) is 0 Å². The minimum atomic E-state index is -2.05. The van der Waals surface area contributed by atoms with Crippen molar-refractivity contribution in [2.75, 3.05) is 7.11 Å². The molecule has 0 aromatic heterocycles. The van der Waals surface area contributed by atoms with E-state index >= 15 is 0 Å². The first-order valence-electron chi connectivity index (χ1n) is 15.6. The van der Waals surface area contributed by atoms with Gasteiger partial charge in [0.05, 0.1) is 17.7 Å². The first-order valence-corrected chi connectivity index (χ1v) is 22.3. The van der Waals surface area contributed by atoms with E-state index in [1.807, 2.05) is 12.1 Å². The van der Waals surface area contributed by atoms with E-state index in [0.29, 0.717) is 0 Å². The van der Waals surface area contributed by atoms with E-state index in [1.165, 1.54) is 21.5 Å². The Morgan fingerprint density at radius 2 is 0.780 bits per heavy atom. The van der Waals surface area contributed by atoms with E-state index in [-0.39, 0.29) is 0 Å². The third-order valence-electron chi connectivity index (χ3n) is 8.44. The van der Waals surface area contributed by atoms with Gasteiger partial charge in [-0.1, -0.05) is 159 Å². The molecule has 1 nitrogen and oxygen atoms in total. The molecule has 6 rings (SSSR count). The Bertz CT molecular complexity index is 2090. The second-order valence-electron chi connectivity index (χ2n) is 11.5. The van der Waals surface area contributed by atoms with Crippen molar-refractivity contribution in [3.63, 3.8) is 0 Å². The molecule has 0 saturated heterocycles. The Labute approximate surface area is 345 Å². The Morgan fingerprint density at radius 1 is 0.440 bits per heavy atom. The molecule has 0 aliphatic rings. The van der Waals surface area contributed by atoms with Gasteiger partial charge in [-0.15, -0.1) is 0 Å². The Hall–Kier alpha value is -2.09. The quantitative estimate of drug-likeness (QED) is 0.0981. The number of halogens is 6. The monoisotopic (exact) mass is 1050 g/mol. The highest BCUT2D eigenvalue weighted by atomic mass is 79.9. The van der Waals surface area contributed by atoms with Crippen LogP contribution in [0, 0.1) is 0 Å². The van der Waals surface area contributed by atoms with Gasteiger partial charge < -0.3 is 4.74 Å². The molecule has 8 heteroatoms. The third-order valence-corrected chi connectivity index (χ3v) is 16.9. The van der Waals surface area contributed by atoms with E-state index in [4.69, 9.17) is 4.74 Å². The second kappa shape index (κ2) is 17.2. The predicted molar refractivity (Wildman–Crippen MR) is 239 cm³/mol. The van der Waals surface area contributed by atoms with Crippen LogP contribution in [-0.4, -0.2) is 7.11 Å². The van der Waals surface area contributed by atoms with Crippen LogP contribution < -0.4 is 20.7 Å². The molecule has 0 aliphatic carbocycles. The molecule has 50 heavy (non-hydrogen) atoms. The Kier molecular flexibility index (Phi) is 12.9. The first-order chi connectivity index (χ1) is 24.2. The minimum Gasteiger partial charge on any atom is -0.496 e. The summed E-state index contributed by atoms with van der Waals surface area (Å²) in [5, 5.41) is 4.09. The van der Waals surface area contributed by atoms with Gasteiger partial charge in [0.25, 0.3) is 0 Å². The highest BCUT2D eigenvalue weighted by Gasteiger charge is 2.45. The molecule has 0 radical (unpaired) electrons. The van der Waals surface area contributed by atoms with E-state index < -0.39 is 7.26 Å². The fourth-order valence-electron chi connectivity index (χ4n) is 5.90. The maximum absolute atomic E-state index is 5.41. The van der Waals surface area contributed by atoms with Gasteiger partial charge in [-0.05, 0) is 111 Å². The summed E-state index contributed by atoms with van der Waals surface area (Å²) < 4.78 is 11.4. The lowest BCUT2D eigenvalue weighted by atomic mass is 10.1. The van der Waals surface area contributed by atoms with Crippen LogP contribution in [0.1, 0.15) is 27.8 Å². The zero-order valence-corrected chi connectivity index (χ0v) is 37.2. The number of hydrogen-bond donors (Lipinski definition) is 0. The first kappa shape index (κ1) is 37.7. The average Bonchev–Trinajstić information content (AvgIpc) is 3.14.